The molecule has 4 aromatic rings. The van der Waals surface area contributed by atoms with Gasteiger partial charge in [-0.05, 0) is 90.3 Å². The predicted octanol–water partition coefficient (Wildman–Crippen LogP) is 6.03. The fourth-order valence-electron chi connectivity index (χ4n) is 10.2. The third-order valence-corrected chi connectivity index (χ3v) is 13.5. The Labute approximate surface area is 394 Å². The Morgan fingerprint density at radius 3 is 2.51 bits per heavy atom. The number of cyclic esters (lactones) is 1. The van der Waals surface area contributed by atoms with E-state index >= 15 is 0 Å². The molecule has 0 aliphatic carbocycles. The lowest BCUT2D eigenvalue weighted by molar-refractivity contribution is -0.186. The molecule has 0 unspecified atom stereocenters. The molecule has 2 aromatic carbocycles. The highest BCUT2D eigenvalue weighted by Crippen LogP contribution is 2.42. The lowest BCUT2D eigenvalue weighted by Gasteiger charge is -2.37. The average Bonchev–Trinajstić information content (AvgIpc) is 3.88. The van der Waals surface area contributed by atoms with Crippen molar-refractivity contribution in [1.82, 2.24) is 35.1 Å². The number of nitrogens with zero attached hydrogens (tertiary/aromatic N) is 5. The van der Waals surface area contributed by atoms with E-state index in [1.165, 1.54) is 18.1 Å². The van der Waals surface area contributed by atoms with Crippen LogP contribution in [0.15, 0.2) is 54.9 Å². The van der Waals surface area contributed by atoms with Crippen LogP contribution in [-0.4, -0.2) is 124 Å². The Morgan fingerprint density at radius 1 is 1.09 bits per heavy atom. The summed E-state index contributed by atoms with van der Waals surface area (Å²) in [6.07, 6.45) is -0.102. The minimum atomic E-state index is -4.79. The molecule has 2 fully saturated rings. The largest absolute Gasteiger partial charge is 0.508 e. The number of nitrogens with one attached hydrogen (secondary N) is 2. The number of phenols is 1. The number of carbonyl (C=O) groups is 5. The van der Waals surface area contributed by atoms with Crippen molar-refractivity contribution < 1.29 is 51.7 Å². The smallest absolute Gasteiger partial charge is 0.394 e. The first-order valence-corrected chi connectivity index (χ1v) is 23.2. The van der Waals surface area contributed by atoms with Crippen molar-refractivity contribution in [2.75, 3.05) is 40.4 Å². The molecule has 6 bridgehead atoms. The Balaban J connectivity index is 1.31. The van der Waals surface area contributed by atoms with Crippen LogP contribution in [0.3, 0.4) is 0 Å². The van der Waals surface area contributed by atoms with Crippen LogP contribution in [0.5, 0.6) is 5.75 Å². The molecular weight excluding hydrogens is 884 g/mol. The highest BCUT2D eigenvalue weighted by molar-refractivity contribution is 5.96. The number of hydrazine groups is 1. The van der Waals surface area contributed by atoms with E-state index in [1.54, 1.807) is 33.2 Å². The zero-order valence-corrected chi connectivity index (χ0v) is 39.9. The topological polar surface area (TPSA) is 176 Å². The number of methoxy groups -OCH3 is 1. The Bertz CT molecular complexity index is 2580. The fraction of sp³-hybridized carbons (Fsp3) is 0.520. The van der Waals surface area contributed by atoms with E-state index in [1.807, 2.05) is 44.3 Å². The summed E-state index contributed by atoms with van der Waals surface area (Å²) in [6.45, 7) is 10.6. The number of rotatable bonds is 9. The summed E-state index contributed by atoms with van der Waals surface area (Å²) in [7, 11) is 2.90. The standard InChI is InChI=1S/C50H62F3N7O8/c1-9-59-42-13-12-31-21-35(42)36(44(59)37-23-54-15-14-32(37)26-67-8)22-49(5,6)27-68-48(66)40-11-10-16-60(56-40)47(65)41(19-30-17-33(31)20-34(62)18-30)55-45(63)43(28(2)3)57(7)46(64)38-24-58(29(4)61)25-39(38)50(51,52)53/h12-15,17-18,20-21,23,28,38-41,43,56,62H,9-11,16,19,22,24-27H2,1-8H3,(H,55,63)/t38-,39+,40-,41-,43-/m0/s1. The van der Waals surface area contributed by atoms with Gasteiger partial charge < -0.3 is 34.3 Å². The number of aromatic hydroxyl groups is 1. The highest BCUT2D eigenvalue weighted by atomic mass is 19.4. The van der Waals surface area contributed by atoms with Gasteiger partial charge in [-0.15, -0.1) is 0 Å². The fourth-order valence-corrected chi connectivity index (χ4v) is 10.2. The zero-order valence-electron chi connectivity index (χ0n) is 39.9. The Kier molecular flexibility index (Phi) is 14.6. The van der Waals surface area contributed by atoms with Crippen molar-refractivity contribution in [1.29, 1.82) is 0 Å². The van der Waals surface area contributed by atoms with Crippen LogP contribution in [0.25, 0.3) is 33.3 Å². The number of ether oxygens (including phenoxy) is 2. The van der Waals surface area contributed by atoms with Crippen LogP contribution in [0.4, 0.5) is 13.2 Å². The summed E-state index contributed by atoms with van der Waals surface area (Å²) in [4.78, 5) is 75.7. The second kappa shape index (κ2) is 19.9. The SMILES string of the molecule is CCn1c(-c2cnccc2COC)c2c3cc(ccc31)-c1cc(O)cc(c1)C[C@H](NC(=O)[C@H](C(C)C)N(C)C(=O)[C@H]1CN(C(C)=O)C[C@H]1C(F)(F)F)C(=O)N1CCC[C@H](N1)C(=O)OCC(C)(C)C2. The monoisotopic (exact) mass is 945 g/mol. The Morgan fingerprint density at radius 2 is 1.84 bits per heavy atom. The number of hydrogen-bond donors (Lipinski definition) is 3. The summed E-state index contributed by atoms with van der Waals surface area (Å²) in [6, 6.07) is 9.33. The van der Waals surface area contributed by atoms with Crippen molar-refractivity contribution in [3.8, 4) is 28.1 Å². The molecule has 5 heterocycles. The maximum atomic E-state index is 14.7. The van der Waals surface area contributed by atoms with Crippen LogP contribution in [0.1, 0.15) is 71.1 Å². The van der Waals surface area contributed by atoms with Crippen molar-refractivity contribution >= 4 is 40.5 Å². The van der Waals surface area contributed by atoms with Crippen molar-refractivity contribution in [2.45, 2.75) is 105 Å². The Hall–Kier alpha value is -6.01. The van der Waals surface area contributed by atoms with Crippen LogP contribution in [0.2, 0.25) is 0 Å². The second-order valence-corrected chi connectivity index (χ2v) is 19.5. The maximum Gasteiger partial charge on any atom is 0.394 e. The number of fused-ring (bicyclic) bond motifs is 6. The van der Waals surface area contributed by atoms with E-state index in [-0.39, 0.29) is 25.3 Å². The molecule has 366 valence electrons. The van der Waals surface area contributed by atoms with Gasteiger partial charge in [0, 0.05) is 88.0 Å². The number of aromatic nitrogens is 2. The number of benzene rings is 2. The van der Waals surface area contributed by atoms with Gasteiger partial charge in [-0.3, -0.25) is 34.0 Å². The first-order valence-electron chi connectivity index (χ1n) is 23.2. The quantitative estimate of drug-likeness (QED) is 0.168. The van der Waals surface area contributed by atoms with Crippen molar-refractivity contribution in [3.05, 3.63) is 71.5 Å². The molecule has 5 atom stereocenters. The van der Waals surface area contributed by atoms with Crippen LogP contribution < -0.4 is 10.7 Å². The van der Waals surface area contributed by atoms with Gasteiger partial charge in [0.15, 0.2) is 0 Å². The number of likely N-dealkylation sites (tertiary alicyclic amines) is 1. The molecule has 68 heavy (non-hydrogen) atoms. The van der Waals surface area contributed by atoms with E-state index in [0.717, 1.165) is 55.6 Å². The molecule has 15 nitrogen and oxygen atoms in total. The van der Waals surface area contributed by atoms with Gasteiger partial charge in [0.05, 0.1) is 30.7 Å². The number of halogens is 3. The average molecular weight is 946 g/mol. The van der Waals surface area contributed by atoms with Gasteiger partial charge in [0.25, 0.3) is 5.91 Å². The van der Waals surface area contributed by atoms with Crippen LogP contribution in [0, 0.1) is 23.2 Å². The first kappa shape index (κ1) is 49.9. The molecule has 3 aliphatic heterocycles. The molecule has 3 N–H and O–H groups in total. The minimum Gasteiger partial charge on any atom is -0.508 e. The zero-order chi connectivity index (χ0) is 49.4. The second-order valence-electron chi connectivity index (χ2n) is 19.5. The van der Waals surface area contributed by atoms with Crippen LogP contribution >= 0.6 is 0 Å². The molecule has 0 saturated carbocycles. The third kappa shape index (κ3) is 10.4. The molecule has 2 saturated heterocycles. The highest BCUT2D eigenvalue weighted by Gasteiger charge is 2.54. The van der Waals surface area contributed by atoms with Gasteiger partial charge in [0.2, 0.25) is 17.7 Å². The summed E-state index contributed by atoms with van der Waals surface area (Å²) >= 11 is 0. The first-order chi connectivity index (χ1) is 32.1. The lowest BCUT2D eigenvalue weighted by atomic mass is 9.84. The third-order valence-electron chi connectivity index (χ3n) is 13.5. The van der Waals surface area contributed by atoms with Gasteiger partial charge in [-0.25, -0.2) is 5.43 Å². The molecule has 7 rings (SSSR count). The van der Waals surface area contributed by atoms with E-state index in [4.69, 9.17) is 9.47 Å². The molecule has 0 radical (unpaired) electrons. The van der Waals surface area contributed by atoms with E-state index in [9.17, 15) is 42.3 Å². The number of alkyl halides is 3. The normalized spacial score (nSPS) is 21.6. The lowest BCUT2D eigenvalue weighted by Crippen LogP contribution is -2.62. The van der Waals surface area contributed by atoms with Gasteiger partial charge in [-0.2, -0.15) is 13.2 Å². The number of likely N-dealkylation sites (N-methyl/N-ethyl adjacent to an activating group) is 1. The van der Waals surface area contributed by atoms with E-state index in [0.29, 0.717) is 43.5 Å². The van der Waals surface area contributed by atoms with Gasteiger partial charge >= 0.3 is 12.1 Å². The number of hydrogen-bond acceptors (Lipinski definition) is 10. The van der Waals surface area contributed by atoms with E-state index < -0.39 is 90.2 Å². The van der Waals surface area contributed by atoms with Crippen LogP contribution in [-0.2, 0) is 59.4 Å². The number of phenolic OH excluding ortho intramolecular Hbond substituents is 1. The minimum absolute atomic E-state index is 0.0443. The molecule has 3 aliphatic rings. The summed E-state index contributed by atoms with van der Waals surface area (Å²) in [5.41, 5.74) is 9.06. The van der Waals surface area contributed by atoms with Crippen molar-refractivity contribution in [3.63, 3.8) is 0 Å². The van der Waals surface area contributed by atoms with E-state index in [2.05, 4.69) is 33.3 Å². The summed E-state index contributed by atoms with van der Waals surface area (Å²) in [5, 5.41) is 16.3. The molecule has 0 spiro atoms. The number of pyridine rings is 1. The molecular formula is C50H62F3N7O8. The van der Waals surface area contributed by atoms with Gasteiger partial charge in [-0.1, -0.05) is 39.8 Å². The molecule has 2 aromatic heterocycles. The molecule has 4 amide bonds. The molecule has 18 heteroatoms. The maximum absolute atomic E-state index is 14.7. The predicted molar refractivity (Wildman–Crippen MR) is 247 cm³/mol. The van der Waals surface area contributed by atoms with Gasteiger partial charge in [0.1, 0.15) is 23.9 Å². The van der Waals surface area contributed by atoms with Crippen molar-refractivity contribution in [2.24, 2.45) is 23.2 Å². The number of amides is 4. The summed E-state index contributed by atoms with van der Waals surface area (Å²) < 4.78 is 56.8. The number of carbonyl (C=O) groups excluding carboxylic acids is 5. The number of esters is 1. The number of aryl methyl sites for hydroxylation is 1. The summed E-state index contributed by atoms with van der Waals surface area (Å²) in [5.74, 6) is -8.05.